The summed E-state index contributed by atoms with van der Waals surface area (Å²) in [6, 6.07) is 0. The molecule has 0 fully saturated rings. The fourth-order valence-electron chi connectivity index (χ4n) is 4.66. The molecule has 0 radical (unpaired) electrons. The van der Waals surface area contributed by atoms with Crippen LogP contribution in [0.5, 0.6) is 0 Å². The van der Waals surface area contributed by atoms with E-state index in [1.165, 1.54) is 128 Å². The first-order valence-electron chi connectivity index (χ1n) is 13.3. The van der Waals surface area contributed by atoms with Gasteiger partial charge in [-0.25, -0.2) is 0 Å². The topological polar surface area (TPSA) is 0 Å². The van der Waals surface area contributed by atoms with Crippen LogP contribution in [0, 0.1) is 11.8 Å². The molecule has 164 valence electrons. The Bertz CT molecular complexity index is 257. The van der Waals surface area contributed by atoms with Crippen LogP contribution in [0.3, 0.4) is 0 Å². The monoisotopic (exact) mass is 380 g/mol. The molecule has 0 spiro atoms. The Labute approximate surface area is 174 Å². The Kier molecular flexibility index (Phi) is 22.3. The van der Waals surface area contributed by atoms with Crippen LogP contribution in [0.2, 0.25) is 0 Å². The highest BCUT2D eigenvalue weighted by Gasteiger charge is 2.16. The second kappa shape index (κ2) is 22.3. The van der Waals surface area contributed by atoms with Crippen molar-refractivity contribution >= 4 is 0 Å². The van der Waals surface area contributed by atoms with Gasteiger partial charge in [-0.2, -0.15) is 0 Å². The summed E-state index contributed by atoms with van der Waals surface area (Å²) < 4.78 is 0. The predicted molar refractivity (Wildman–Crippen MR) is 127 cm³/mol. The van der Waals surface area contributed by atoms with Crippen molar-refractivity contribution in [3.8, 4) is 0 Å². The molecule has 0 amide bonds. The molecule has 0 nitrogen and oxygen atoms in total. The van der Waals surface area contributed by atoms with Crippen molar-refractivity contribution in [2.24, 2.45) is 11.8 Å². The molecular weight excluding hydrogens is 324 g/mol. The quantitative estimate of drug-likeness (QED) is 0.164. The number of hydrogen-bond donors (Lipinski definition) is 0. The molecule has 0 heterocycles. The van der Waals surface area contributed by atoms with Crippen LogP contribution in [0.15, 0.2) is 0 Å². The van der Waals surface area contributed by atoms with Crippen LogP contribution in [-0.4, -0.2) is 0 Å². The van der Waals surface area contributed by atoms with E-state index < -0.39 is 0 Å². The maximum absolute atomic E-state index is 2.37. The normalized spacial score (nSPS) is 13.8. The summed E-state index contributed by atoms with van der Waals surface area (Å²) in [5.74, 6) is 2.05. The summed E-state index contributed by atoms with van der Waals surface area (Å²) in [5.41, 5.74) is 0. The molecule has 2 unspecified atom stereocenters. The Morgan fingerprint density at radius 3 is 1.07 bits per heavy atom. The van der Waals surface area contributed by atoms with Crippen molar-refractivity contribution in [3.05, 3.63) is 0 Å². The molecule has 0 aromatic heterocycles. The first kappa shape index (κ1) is 27.0. The van der Waals surface area contributed by atoms with Gasteiger partial charge in [0.15, 0.2) is 0 Å². The van der Waals surface area contributed by atoms with E-state index in [4.69, 9.17) is 0 Å². The molecule has 0 saturated heterocycles. The fourth-order valence-corrected chi connectivity index (χ4v) is 4.66. The summed E-state index contributed by atoms with van der Waals surface area (Å²) >= 11 is 0. The zero-order valence-electron chi connectivity index (χ0n) is 20.0. The van der Waals surface area contributed by atoms with Crippen LogP contribution in [0.25, 0.3) is 0 Å². The van der Waals surface area contributed by atoms with Crippen LogP contribution >= 0.6 is 0 Å². The molecule has 0 aromatic carbocycles. The van der Waals surface area contributed by atoms with Crippen LogP contribution in [-0.2, 0) is 0 Å². The van der Waals surface area contributed by atoms with Crippen molar-refractivity contribution in [1.29, 1.82) is 0 Å². The molecule has 0 aromatic rings. The van der Waals surface area contributed by atoms with Gasteiger partial charge in [0.2, 0.25) is 0 Å². The summed E-state index contributed by atoms with van der Waals surface area (Å²) in [6.07, 6.45) is 30.7. The summed E-state index contributed by atoms with van der Waals surface area (Å²) in [6.45, 7) is 9.37. The van der Waals surface area contributed by atoms with E-state index in [1.54, 1.807) is 6.42 Å². The highest BCUT2D eigenvalue weighted by Crippen LogP contribution is 2.30. The Balaban J connectivity index is 4.28. The Hall–Kier alpha value is 0. The van der Waals surface area contributed by atoms with Crippen LogP contribution in [0.1, 0.15) is 163 Å². The average molecular weight is 381 g/mol. The number of rotatable bonds is 22. The molecule has 0 saturated carbocycles. The van der Waals surface area contributed by atoms with Gasteiger partial charge in [0.1, 0.15) is 0 Å². The minimum atomic E-state index is 1.03. The van der Waals surface area contributed by atoms with Crippen molar-refractivity contribution in [2.75, 3.05) is 0 Å². The molecule has 0 N–H and O–H groups in total. The van der Waals surface area contributed by atoms with Crippen molar-refractivity contribution in [1.82, 2.24) is 0 Å². The van der Waals surface area contributed by atoms with Crippen LogP contribution < -0.4 is 0 Å². The lowest BCUT2D eigenvalue weighted by Crippen LogP contribution is -2.10. The first-order chi connectivity index (χ1) is 13.3. The second-order valence-corrected chi connectivity index (χ2v) is 9.37. The summed E-state index contributed by atoms with van der Waals surface area (Å²) in [5, 5.41) is 0. The molecule has 0 rings (SSSR count). The number of hydrogen-bond acceptors (Lipinski definition) is 0. The highest BCUT2D eigenvalue weighted by atomic mass is 14.2. The van der Waals surface area contributed by atoms with Crippen molar-refractivity contribution in [3.63, 3.8) is 0 Å². The third-order valence-corrected chi connectivity index (χ3v) is 6.53. The van der Waals surface area contributed by atoms with Gasteiger partial charge in [0.05, 0.1) is 0 Å². The lowest BCUT2D eigenvalue weighted by molar-refractivity contribution is 0.284. The lowest BCUT2D eigenvalue weighted by Gasteiger charge is -2.24. The maximum atomic E-state index is 2.37. The van der Waals surface area contributed by atoms with Gasteiger partial charge in [-0.3, -0.25) is 0 Å². The standard InChI is InChI=1S/C27H56/c1-5-9-13-15-17-20-23-26(21-12-8-4)25-27(22-18-11-7-3)24-19-16-14-10-6-2/h26-27H,5-25H2,1-4H3. The summed E-state index contributed by atoms with van der Waals surface area (Å²) in [4.78, 5) is 0. The van der Waals surface area contributed by atoms with Gasteiger partial charge in [-0.15, -0.1) is 0 Å². The van der Waals surface area contributed by atoms with E-state index in [1.807, 2.05) is 0 Å². The predicted octanol–water partition coefficient (Wildman–Crippen LogP) is 10.5. The lowest BCUT2D eigenvalue weighted by atomic mass is 9.82. The van der Waals surface area contributed by atoms with Gasteiger partial charge < -0.3 is 0 Å². The van der Waals surface area contributed by atoms with E-state index in [0.29, 0.717) is 0 Å². The third kappa shape index (κ3) is 19.1. The third-order valence-electron chi connectivity index (χ3n) is 6.53. The van der Waals surface area contributed by atoms with Gasteiger partial charge in [-0.1, -0.05) is 156 Å². The zero-order chi connectivity index (χ0) is 20.0. The molecule has 2 atom stereocenters. The van der Waals surface area contributed by atoms with E-state index >= 15 is 0 Å². The molecule has 27 heavy (non-hydrogen) atoms. The molecular formula is C27H56. The average Bonchev–Trinajstić information content (AvgIpc) is 2.68. The molecule has 0 heteroatoms. The van der Waals surface area contributed by atoms with Gasteiger partial charge in [-0.05, 0) is 18.3 Å². The summed E-state index contributed by atoms with van der Waals surface area (Å²) in [7, 11) is 0. The van der Waals surface area contributed by atoms with Crippen LogP contribution in [0.4, 0.5) is 0 Å². The highest BCUT2D eigenvalue weighted by molar-refractivity contribution is 4.69. The minimum absolute atomic E-state index is 1.03. The zero-order valence-corrected chi connectivity index (χ0v) is 20.0. The second-order valence-electron chi connectivity index (χ2n) is 9.37. The van der Waals surface area contributed by atoms with Gasteiger partial charge in [0, 0.05) is 0 Å². The number of unbranched alkanes of at least 4 members (excludes halogenated alkanes) is 12. The van der Waals surface area contributed by atoms with E-state index in [2.05, 4.69) is 27.7 Å². The largest absolute Gasteiger partial charge is 0.0654 e. The van der Waals surface area contributed by atoms with E-state index in [-0.39, 0.29) is 0 Å². The fraction of sp³-hybridized carbons (Fsp3) is 1.00. The Morgan fingerprint density at radius 2 is 0.630 bits per heavy atom. The molecule has 0 aliphatic carbocycles. The smallest absolute Gasteiger partial charge is 0.0412 e. The maximum Gasteiger partial charge on any atom is -0.0412 e. The van der Waals surface area contributed by atoms with Gasteiger partial charge in [0.25, 0.3) is 0 Å². The minimum Gasteiger partial charge on any atom is -0.0654 e. The van der Waals surface area contributed by atoms with Gasteiger partial charge >= 0.3 is 0 Å². The van der Waals surface area contributed by atoms with E-state index in [0.717, 1.165) is 11.8 Å². The van der Waals surface area contributed by atoms with E-state index in [9.17, 15) is 0 Å². The van der Waals surface area contributed by atoms with Crippen molar-refractivity contribution in [2.45, 2.75) is 163 Å². The first-order valence-corrected chi connectivity index (χ1v) is 13.3. The molecule has 0 aliphatic rings. The SMILES string of the molecule is CCCCCCCCC(CCCC)CC(CCCCC)CCCCCCC. The molecule has 0 bridgehead atoms. The van der Waals surface area contributed by atoms with Crippen molar-refractivity contribution < 1.29 is 0 Å². The Morgan fingerprint density at radius 1 is 0.333 bits per heavy atom. The molecule has 0 aliphatic heterocycles.